The molecule has 0 aromatic carbocycles. The van der Waals surface area contributed by atoms with Gasteiger partial charge in [-0.25, -0.2) is 14.8 Å². The summed E-state index contributed by atoms with van der Waals surface area (Å²) >= 11 is 1.36. The average molecular weight is 349 g/mol. The molecule has 0 saturated carbocycles. The first-order valence-electron chi connectivity index (χ1n) is 8.30. The van der Waals surface area contributed by atoms with Crippen molar-refractivity contribution < 1.29 is 14.6 Å². The maximum atomic E-state index is 12.0. The number of aliphatic hydroxyl groups is 1. The van der Waals surface area contributed by atoms with Crippen LogP contribution in [0, 0.1) is 13.8 Å². The fourth-order valence-electron chi connectivity index (χ4n) is 3.45. The molecule has 130 valence electrons. The molecule has 2 aromatic heterocycles. The molecule has 1 atom stereocenters. The molecular weight excluding hydrogens is 326 g/mol. The third kappa shape index (κ3) is 2.98. The van der Waals surface area contributed by atoms with Gasteiger partial charge in [0.15, 0.2) is 0 Å². The quantitative estimate of drug-likeness (QED) is 0.856. The summed E-state index contributed by atoms with van der Waals surface area (Å²) in [5.41, 5.74) is 0.880. The molecule has 1 N–H and O–H groups in total. The van der Waals surface area contributed by atoms with Crippen LogP contribution in [0.15, 0.2) is 0 Å². The maximum Gasteiger partial charge on any atom is 0.348 e. The van der Waals surface area contributed by atoms with Crippen LogP contribution >= 0.6 is 11.3 Å². The number of carbonyl (C=O) groups is 1. The van der Waals surface area contributed by atoms with Crippen molar-refractivity contribution in [3.63, 3.8) is 0 Å². The smallest absolute Gasteiger partial charge is 0.348 e. The Bertz CT molecular complexity index is 757. The number of thiophene rings is 1. The summed E-state index contributed by atoms with van der Waals surface area (Å²) in [7, 11) is 1.39. The lowest BCUT2D eigenvalue weighted by molar-refractivity contribution is 0.0605. The minimum absolute atomic E-state index is 0.171. The van der Waals surface area contributed by atoms with Crippen molar-refractivity contribution in [3.05, 3.63) is 16.3 Å². The highest BCUT2D eigenvalue weighted by Gasteiger charge is 2.28. The topological polar surface area (TPSA) is 75.5 Å². The third-order valence-electron chi connectivity index (χ3n) is 4.62. The summed E-state index contributed by atoms with van der Waals surface area (Å²) in [6.45, 7) is 4.89. The van der Waals surface area contributed by atoms with E-state index in [1.165, 1.54) is 24.9 Å². The summed E-state index contributed by atoms with van der Waals surface area (Å²) < 4.78 is 4.90. The van der Waals surface area contributed by atoms with E-state index >= 15 is 0 Å². The Hall–Kier alpha value is -1.73. The zero-order valence-electron chi connectivity index (χ0n) is 14.3. The molecule has 0 aliphatic carbocycles. The van der Waals surface area contributed by atoms with Crippen molar-refractivity contribution in [1.82, 2.24) is 9.97 Å². The number of methoxy groups -OCH3 is 1. The fraction of sp³-hybridized carbons (Fsp3) is 0.588. The molecule has 1 fully saturated rings. The molecule has 0 radical (unpaired) electrons. The van der Waals surface area contributed by atoms with Crippen LogP contribution in [0.2, 0.25) is 0 Å². The van der Waals surface area contributed by atoms with Gasteiger partial charge in [0.25, 0.3) is 0 Å². The number of anilines is 1. The third-order valence-corrected chi connectivity index (χ3v) is 5.78. The van der Waals surface area contributed by atoms with Crippen molar-refractivity contribution in [2.24, 2.45) is 0 Å². The largest absolute Gasteiger partial charge is 0.465 e. The van der Waals surface area contributed by atoms with E-state index < -0.39 is 0 Å². The Balaban J connectivity index is 2.15. The zero-order chi connectivity index (χ0) is 17.3. The van der Waals surface area contributed by atoms with Crippen LogP contribution in [-0.4, -0.2) is 47.3 Å². The van der Waals surface area contributed by atoms with Gasteiger partial charge in [-0.3, -0.25) is 0 Å². The molecule has 3 heterocycles. The first-order chi connectivity index (χ1) is 11.6. The van der Waals surface area contributed by atoms with Crippen LogP contribution in [0.1, 0.15) is 46.7 Å². The second-order valence-electron chi connectivity index (χ2n) is 6.18. The van der Waals surface area contributed by atoms with Crippen LogP contribution in [-0.2, 0) is 4.74 Å². The number of aromatic nitrogens is 2. The molecule has 7 heteroatoms. The number of esters is 1. The van der Waals surface area contributed by atoms with E-state index in [4.69, 9.17) is 9.72 Å². The summed E-state index contributed by atoms with van der Waals surface area (Å²) in [4.78, 5) is 25.0. The van der Waals surface area contributed by atoms with E-state index in [0.717, 1.165) is 47.4 Å². The molecule has 0 amide bonds. The number of fused-ring (bicyclic) bond motifs is 1. The number of piperidine rings is 1. The molecule has 0 bridgehead atoms. The number of aryl methyl sites for hydroxylation is 2. The van der Waals surface area contributed by atoms with Gasteiger partial charge in [-0.05, 0) is 45.1 Å². The van der Waals surface area contributed by atoms with Crippen molar-refractivity contribution in [1.29, 1.82) is 0 Å². The Kier molecular flexibility index (Phi) is 5.01. The van der Waals surface area contributed by atoms with Crippen LogP contribution in [0.25, 0.3) is 10.2 Å². The zero-order valence-corrected chi connectivity index (χ0v) is 15.2. The number of aliphatic hydroxyl groups excluding tert-OH is 1. The van der Waals surface area contributed by atoms with Crippen LogP contribution in [0.4, 0.5) is 5.82 Å². The number of ether oxygens (including phenoxy) is 1. The fourth-order valence-corrected chi connectivity index (χ4v) is 4.58. The normalized spacial score (nSPS) is 18.2. The van der Waals surface area contributed by atoms with Crippen LogP contribution in [0.5, 0.6) is 0 Å². The summed E-state index contributed by atoms with van der Waals surface area (Å²) in [6.07, 6.45) is 4.07. The van der Waals surface area contributed by atoms with Gasteiger partial charge in [-0.15, -0.1) is 11.3 Å². The number of nitrogens with zero attached hydrogens (tertiary/aromatic N) is 3. The highest BCUT2D eigenvalue weighted by atomic mass is 32.1. The summed E-state index contributed by atoms with van der Waals surface area (Å²) in [5, 5.41) is 10.3. The van der Waals surface area contributed by atoms with Gasteiger partial charge in [0.2, 0.25) is 0 Å². The number of hydrogen-bond donors (Lipinski definition) is 1. The minimum Gasteiger partial charge on any atom is -0.465 e. The SMILES string of the molecule is COC(=O)c1sc2nc(C)nc(N3CCCCC3CCO)c2c1C. The van der Waals surface area contributed by atoms with Gasteiger partial charge in [-0.1, -0.05) is 0 Å². The second-order valence-corrected chi connectivity index (χ2v) is 7.18. The Labute approximate surface area is 145 Å². The summed E-state index contributed by atoms with van der Waals surface area (Å²) in [5.74, 6) is 1.26. The van der Waals surface area contributed by atoms with Gasteiger partial charge in [0.05, 0.1) is 12.5 Å². The van der Waals surface area contributed by atoms with E-state index in [1.54, 1.807) is 0 Å². The van der Waals surface area contributed by atoms with Crippen LogP contribution in [0.3, 0.4) is 0 Å². The van der Waals surface area contributed by atoms with Gasteiger partial charge < -0.3 is 14.7 Å². The van der Waals surface area contributed by atoms with Crippen molar-refractivity contribution in [2.75, 3.05) is 25.2 Å². The highest BCUT2D eigenvalue weighted by Crippen LogP contribution is 2.38. The number of carbonyl (C=O) groups excluding carboxylic acids is 1. The molecule has 1 unspecified atom stereocenters. The molecule has 1 saturated heterocycles. The predicted octanol–water partition coefficient (Wildman–Crippen LogP) is 2.84. The standard InChI is InChI=1S/C17H23N3O3S/c1-10-13-15(20-8-5-4-6-12(20)7-9-21)18-11(2)19-16(13)24-14(10)17(22)23-3/h12,21H,4-9H2,1-3H3. The molecule has 1 aliphatic rings. The van der Waals surface area contributed by atoms with Gasteiger partial charge >= 0.3 is 5.97 Å². The van der Waals surface area contributed by atoms with E-state index in [9.17, 15) is 9.90 Å². The number of rotatable bonds is 4. The lowest BCUT2D eigenvalue weighted by Crippen LogP contribution is -2.41. The van der Waals surface area contributed by atoms with E-state index in [0.29, 0.717) is 10.7 Å². The van der Waals surface area contributed by atoms with E-state index in [2.05, 4.69) is 9.88 Å². The Morgan fingerprint density at radius 2 is 2.17 bits per heavy atom. The Morgan fingerprint density at radius 3 is 2.88 bits per heavy atom. The van der Waals surface area contributed by atoms with Crippen molar-refractivity contribution in [3.8, 4) is 0 Å². The van der Waals surface area contributed by atoms with E-state index in [1.807, 2.05) is 13.8 Å². The highest BCUT2D eigenvalue weighted by molar-refractivity contribution is 7.20. The van der Waals surface area contributed by atoms with E-state index in [-0.39, 0.29) is 18.6 Å². The maximum absolute atomic E-state index is 12.0. The van der Waals surface area contributed by atoms with Crippen LogP contribution < -0.4 is 4.90 Å². The molecular formula is C17H23N3O3S. The van der Waals surface area contributed by atoms with Crippen molar-refractivity contribution >= 4 is 33.3 Å². The predicted molar refractivity (Wildman–Crippen MR) is 94.9 cm³/mol. The first kappa shape index (κ1) is 17.1. The molecule has 0 spiro atoms. The van der Waals surface area contributed by atoms with Crippen molar-refractivity contribution in [2.45, 2.75) is 45.6 Å². The monoisotopic (exact) mass is 349 g/mol. The Morgan fingerprint density at radius 1 is 1.38 bits per heavy atom. The first-order valence-corrected chi connectivity index (χ1v) is 9.12. The van der Waals surface area contributed by atoms with Gasteiger partial charge in [0, 0.05) is 19.2 Å². The second kappa shape index (κ2) is 7.03. The number of hydrogen-bond acceptors (Lipinski definition) is 7. The molecule has 1 aliphatic heterocycles. The lowest BCUT2D eigenvalue weighted by Gasteiger charge is -2.37. The van der Waals surface area contributed by atoms with Gasteiger partial charge in [0.1, 0.15) is 21.3 Å². The average Bonchev–Trinajstić information content (AvgIpc) is 2.91. The van der Waals surface area contributed by atoms with Gasteiger partial charge in [-0.2, -0.15) is 0 Å². The lowest BCUT2D eigenvalue weighted by atomic mass is 9.99. The molecule has 24 heavy (non-hydrogen) atoms. The summed E-state index contributed by atoms with van der Waals surface area (Å²) in [6, 6.07) is 0.280. The molecule has 6 nitrogen and oxygen atoms in total. The molecule has 2 aromatic rings. The molecule has 3 rings (SSSR count). The minimum atomic E-state index is -0.329.